The predicted molar refractivity (Wildman–Crippen MR) is 83.3 cm³/mol. The van der Waals surface area contributed by atoms with Crippen molar-refractivity contribution < 1.29 is 22.7 Å². The number of rotatable bonds is 4. The van der Waals surface area contributed by atoms with Crippen LogP contribution in [0.1, 0.15) is 10.4 Å². The first-order valence-electron chi connectivity index (χ1n) is 5.61. The molecule has 110 valence electrons. The Hall–Kier alpha value is -1.68. The number of sulfonamides is 1. The van der Waals surface area contributed by atoms with Crippen molar-refractivity contribution in [2.75, 3.05) is 4.72 Å². The van der Waals surface area contributed by atoms with Crippen LogP contribution in [-0.4, -0.2) is 19.5 Å². The summed E-state index contributed by atoms with van der Waals surface area (Å²) in [6.07, 6.45) is 0. The third kappa shape index (κ3) is 3.50. The molecule has 0 aliphatic heterocycles. The van der Waals surface area contributed by atoms with Crippen molar-refractivity contribution in [2.45, 2.75) is 4.90 Å². The molecular weight excluding hydrogens is 412 g/mol. The lowest BCUT2D eigenvalue weighted by Crippen LogP contribution is -2.16. The fourth-order valence-electron chi connectivity index (χ4n) is 1.59. The Bertz CT molecular complexity index is 808. The highest BCUT2D eigenvalue weighted by molar-refractivity contribution is 14.1. The van der Waals surface area contributed by atoms with Gasteiger partial charge in [-0.05, 0) is 52.9 Å². The van der Waals surface area contributed by atoms with Crippen LogP contribution in [0.2, 0.25) is 0 Å². The molecule has 2 aromatic rings. The number of anilines is 1. The molecule has 0 aliphatic rings. The number of aromatic carboxylic acids is 1. The van der Waals surface area contributed by atoms with Crippen LogP contribution in [0.4, 0.5) is 10.1 Å². The molecule has 0 aliphatic carbocycles. The van der Waals surface area contributed by atoms with Crippen LogP contribution in [0.5, 0.6) is 0 Å². The summed E-state index contributed by atoms with van der Waals surface area (Å²) < 4.78 is 41.0. The Morgan fingerprint density at radius 3 is 2.48 bits per heavy atom. The first-order chi connectivity index (χ1) is 9.81. The number of halogens is 2. The molecule has 0 bridgehead atoms. The summed E-state index contributed by atoms with van der Waals surface area (Å²) in [6.45, 7) is 0. The van der Waals surface area contributed by atoms with Crippen molar-refractivity contribution in [1.29, 1.82) is 0 Å². The molecule has 0 fully saturated rings. The number of carbonyl (C=O) groups is 1. The summed E-state index contributed by atoms with van der Waals surface area (Å²) in [5, 5.41) is 8.86. The minimum atomic E-state index is -4.22. The number of hydrogen-bond donors (Lipinski definition) is 2. The van der Waals surface area contributed by atoms with Gasteiger partial charge in [0.15, 0.2) is 0 Å². The van der Waals surface area contributed by atoms with Crippen molar-refractivity contribution in [1.82, 2.24) is 0 Å². The van der Waals surface area contributed by atoms with Gasteiger partial charge in [0.1, 0.15) is 10.7 Å². The highest BCUT2D eigenvalue weighted by atomic mass is 127. The molecule has 0 atom stereocenters. The standard InChI is InChI=1S/C13H9FINO4S/c14-9-6-5-8(13(17)18)7-12(9)21(19,20)16-11-4-2-1-3-10(11)15/h1-7,16H,(H,17,18). The van der Waals surface area contributed by atoms with Gasteiger partial charge < -0.3 is 5.11 Å². The van der Waals surface area contributed by atoms with Gasteiger partial charge in [-0.3, -0.25) is 4.72 Å². The Balaban J connectivity index is 2.47. The normalized spacial score (nSPS) is 11.1. The van der Waals surface area contributed by atoms with Crippen molar-refractivity contribution in [3.05, 3.63) is 57.4 Å². The molecule has 0 amide bonds. The van der Waals surface area contributed by atoms with Gasteiger partial charge in [0.25, 0.3) is 10.0 Å². The van der Waals surface area contributed by atoms with E-state index in [1.54, 1.807) is 18.2 Å². The lowest BCUT2D eigenvalue weighted by atomic mass is 10.2. The quantitative estimate of drug-likeness (QED) is 0.744. The third-order valence-electron chi connectivity index (χ3n) is 2.59. The Morgan fingerprint density at radius 1 is 1.19 bits per heavy atom. The smallest absolute Gasteiger partial charge is 0.335 e. The second kappa shape index (κ2) is 5.98. The highest BCUT2D eigenvalue weighted by Crippen LogP contribution is 2.23. The highest BCUT2D eigenvalue weighted by Gasteiger charge is 2.22. The molecule has 2 aromatic carbocycles. The van der Waals surface area contributed by atoms with E-state index in [1.807, 2.05) is 22.6 Å². The Labute approximate surface area is 134 Å². The minimum absolute atomic E-state index is 0.290. The number of nitrogens with one attached hydrogen (secondary N) is 1. The summed E-state index contributed by atoms with van der Waals surface area (Å²) in [6, 6.07) is 9.17. The maximum Gasteiger partial charge on any atom is 0.335 e. The van der Waals surface area contributed by atoms with Crippen LogP contribution < -0.4 is 4.72 Å². The zero-order chi connectivity index (χ0) is 15.6. The lowest BCUT2D eigenvalue weighted by Gasteiger charge is -2.10. The van der Waals surface area contributed by atoms with Crippen molar-refractivity contribution in [3.63, 3.8) is 0 Å². The molecule has 0 saturated heterocycles. The first kappa shape index (κ1) is 15.7. The number of benzene rings is 2. The van der Waals surface area contributed by atoms with Gasteiger partial charge in [-0.15, -0.1) is 0 Å². The van der Waals surface area contributed by atoms with Crippen molar-refractivity contribution in [2.24, 2.45) is 0 Å². The molecular formula is C13H9FINO4S. The average molecular weight is 421 g/mol. The van der Waals surface area contributed by atoms with Crippen LogP contribution in [0.15, 0.2) is 47.4 Å². The molecule has 0 radical (unpaired) electrons. The zero-order valence-corrected chi connectivity index (χ0v) is 13.4. The zero-order valence-electron chi connectivity index (χ0n) is 10.4. The van der Waals surface area contributed by atoms with Gasteiger partial charge in [-0.1, -0.05) is 12.1 Å². The summed E-state index contributed by atoms with van der Waals surface area (Å²) in [5.41, 5.74) is -0.0160. The van der Waals surface area contributed by atoms with Gasteiger partial charge in [-0.25, -0.2) is 17.6 Å². The van der Waals surface area contributed by atoms with Crippen LogP contribution in [0.25, 0.3) is 0 Å². The van der Waals surface area contributed by atoms with E-state index < -0.39 is 26.7 Å². The predicted octanol–water partition coefficient (Wildman–Crippen LogP) is 2.93. The number of para-hydroxylation sites is 1. The van der Waals surface area contributed by atoms with E-state index in [2.05, 4.69) is 4.72 Å². The molecule has 2 N–H and O–H groups in total. The van der Waals surface area contributed by atoms with Gasteiger partial charge >= 0.3 is 5.97 Å². The molecule has 0 unspecified atom stereocenters. The van der Waals surface area contributed by atoms with Crippen molar-refractivity contribution in [3.8, 4) is 0 Å². The molecule has 2 rings (SSSR count). The molecule has 21 heavy (non-hydrogen) atoms. The van der Waals surface area contributed by atoms with E-state index >= 15 is 0 Å². The number of carboxylic acids is 1. The van der Waals surface area contributed by atoms with Gasteiger partial charge in [0.2, 0.25) is 0 Å². The first-order valence-corrected chi connectivity index (χ1v) is 8.17. The number of carboxylic acid groups (broad SMARTS) is 1. The van der Waals surface area contributed by atoms with Crippen LogP contribution in [0, 0.1) is 9.39 Å². The third-order valence-corrected chi connectivity index (χ3v) is 4.91. The number of hydrogen-bond acceptors (Lipinski definition) is 3. The van der Waals surface area contributed by atoms with E-state index in [-0.39, 0.29) is 5.56 Å². The molecule has 5 nitrogen and oxygen atoms in total. The second-order valence-corrected chi connectivity index (χ2v) is 6.85. The summed E-state index contributed by atoms with van der Waals surface area (Å²) in [5.74, 6) is -2.35. The lowest BCUT2D eigenvalue weighted by molar-refractivity contribution is 0.0696. The maximum absolute atomic E-state index is 13.7. The van der Waals surface area contributed by atoms with Gasteiger partial charge in [-0.2, -0.15) is 0 Å². The van der Waals surface area contributed by atoms with E-state index in [9.17, 15) is 17.6 Å². The molecule has 0 heterocycles. The van der Waals surface area contributed by atoms with Crippen LogP contribution in [0.3, 0.4) is 0 Å². The van der Waals surface area contributed by atoms with E-state index in [4.69, 9.17) is 5.11 Å². The van der Waals surface area contributed by atoms with Gasteiger partial charge in [0.05, 0.1) is 11.3 Å². The second-order valence-electron chi connectivity index (χ2n) is 4.04. The summed E-state index contributed by atoms with van der Waals surface area (Å²) in [4.78, 5) is 10.2. The Morgan fingerprint density at radius 2 is 1.86 bits per heavy atom. The fourth-order valence-corrected chi connectivity index (χ4v) is 3.48. The molecule has 0 saturated carbocycles. The summed E-state index contributed by atoms with van der Waals surface area (Å²) >= 11 is 1.93. The van der Waals surface area contributed by atoms with Crippen LogP contribution >= 0.6 is 22.6 Å². The fraction of sp³-hybridized carbons (Fsp3) is 0. The van der Waals surface area contributed by atoms with Crippen LogP contribution in [-0.2, 0) is 10.0 Å². The SMILES string of the molecule is O=C(O)c1ccc(F)c(S(=O)(=O)Nc2ccccc2I)c1. The largest absolute Gasteiger partial charge is 0.478 e. The maximum atomic E-state index is 13.7. The van der Waals surface area contributed by atoms with Crippen molar-refractivity contribution >= 4 is 44.3 Å². The Kier molecular flexibility index (Phi) is 4.47. The monoisotopic (exact) mass is 421 g/mol. The molecule has 0 spiro atoms. The molecule has 8 heteroatoms. The minimum Gasteiger partial charge on any atom is -0.478 e. The van der Waals surface area contributed by atoms with E-state index in [0.29, 0.717) is 9.26 Å². The van der Waals surface area contributed by atoms with E-state index in [1.165, 1.54) is 6.07 Å². The van der Waals surface area contributed by atoms with E-state index in [0.717, 1.165) is 18.2 Å². The topological polar surface area (TPSA) is 83.5 Å². The average Bonchev–Trinajstić information content (AvgIpc) is 2.41. The summed E-state index contributed by atoms with van der Waals surface area (Å²) in [7, 11) is -4.22. The molecule has 0 aromatic heterocycles. The van der Waals surface area contributed by atoms with Gasteiger partial charge in [0, 0.05) is 3.57 Å².